The van der Waals surface area contributed by atoms with Gasteiger partial charge in [0.15, 0.2) is 0 Å². The lowest BCUT2D eigenvalue weighted by Crippen LogP contribution is -2.39. The number of nitrogens with zero attached hydrogens (tertiary/aromatic N) is 3. The SMILES string of the molecule is C=C(C)C(NCCCN=[N+]=[N-])C(=O)OCC. The molecule has 0 rings (SSSR count). The number of hydrogen-bond donors (Lipinski definition) is 1. The van der Waals surface area contributed by atoms with Crippen molar-refractivity contribution in [3.63, 3.8) is 0 Å². The highest BCUT2D eigenvalue weighted by molar-refractivity contribution is 5.79. The Kier molecular flexibility index (Phi) is 7.93. The first-order valence-electron chi connectivity index (χ1n) is 5.19. The lowest BCUT2D eigenvalue weighted by Gasteiger charge is -2.16. The molecule has 0 radical (unpaired) electrons. The molecule has 1 atom stereocenters. The third-order valence-electron chi connectivity index (χ3n) is 1.86. The van der Waals surface area contributed by atoms with Gasteiger partial charge >= 0.3 is 5.97 Å². The first-order valence-corrected chi connectivity index (χ1v) is 5.19. The van der Waals surface area contributed by atoms with E-state index in [1.54, 1.807) is 13.8 Å². The number of ether oxygens (including phenoxy) is 1. The number of carbonyl (C=O) groups excluding carboxylic acids is 1. The maximum Gasteiger partial charge on any atom is 0.327 e. The Bertz CT molecular complexity index is 285. The molecule has 1 N–H and O–H groups in total. The lowest BCUT2D eigenvalue weighted by atomic mass is 10.1. The Labute approximate surface area is 95.3 Å². The molecule has 0 heterocycles. The Morgan fingerprint density at radius 2 is 2.38 bits per heavy atom. The summed E-state index contributed by atoms with van der Waals surface area (Å²) in [6.45, 7) is 8.59. The molecule has 0 amide bonds. The van der Waals surface area contributed by atoms with Crippen molar-refractivity contribution in [2.75, 3.05) is 19.7 Å². The van der Waals surface area contributed by atoms with Crippen LogP contribution in [0.25, 0.3) is 10.4 Å². The van der Waals surface area contributed by atoms with Gasteiger partial charge in [0, 0.05) is 11.5 Å². The topological polar surface area (TPSA) is 87.1 Å². The van der Waals surface area contributed by atoms with Crippen molar-refractivity contribution in [3.8, 4) is 0 Å². The second kappa shape index (κ2) is 8.76. The molecule has 0 aromatic rings. The molecule has 0 aromatic heterocycles. The summed E-state index contributed by atoms with van der Waals surface area (Å²) in [5, 5.41) is 6.40. The van der Waals surface area contributed by atoms with Gasteiger partial charge in [-0.3, -0.25) is 0 Å². The summed E-state index contributed by atoms with van der Waals surface area (Å²) in [7, 11) is 0. The normalized spacial score (nSPS) is 11.4. The van der Waals surface area contributed by atoms with Gasteiger partial charge in [0.1, 0.15) is 6.04 Å². The van der Waals surface area contributed by atoms with Crippen molar-refractivity contribution < 1.29 is 9.53 Å². The Balaban J connectivity index is 3.99. The summed E-state index contributed by atoms with van der Waals surface area (Å²) in [5.74, 6) is -0.321. The van der Waals surface area contributed by atoms with Gasteiger partial charge in [0.05, 0.1) is 6.61 Å². The molecule has 0 saturated heterocycles. The smallest absolute Gasteiger partial charge is 0.327 e. The molecular formula is C10H18N4O2. The van der Waals surface area contributed by atoms with E-state index in [9.17, 15) is 4.79 Å². The second-order valence-corrected chi connectivity index (χ2v) is 3.29. The largest absolute Gasteiger partial charge is 0.465 e. The highest BCUT2D eigenvalue weighted by Gasteiger charge is 2.18. The van der Waals surface area contributed by atoms with E-state index in [0.717, 1.165) is 0 Å². The van der Waals surface area contributed by atoms with Gasteiger partial charge in [-0.1, -0.05) is 17.3 Å². The number of hydrogen-bond acceptors (Lipinski definition) is 4. The highest BCUT2D eigenvalue weighted by Crippen LogP contribution is 2.01. The summed E-state index contributed by atoms with van der Waals surface area (Å²) in [6, 6.07) is -0.481. The van der Waals surface area contributed by atoms with Crippen molar-refractivity contribution in [1.82, 2.24) is 5.32 Å². The Hall–Kier alpha value is -1.52. The minimum Gasteiger partial charge on any atom is -0.465 e. The van der Waals surface area contributed by atoms with E-state index in [0.29, 0.717) is 31.7 Å². The molecule has 0 aromatic carbocycles. The highest BCUT2D eigenvalue weighted by atomic mass is 16.5. The van der Waals surface area contributed by atoms with Crippen LogP contribution in [-0.4, -0.2) is 31.7 Å². The molecule has 6 heteroatoms. The minimum absolute atomic E-state index is 0.321. The van der Waals surface area contributed by atoms with E-state index in [-0.39, 0.29) is 5.97 Å². The number of rotatable bonds is 8. The van der Waals surface area contributed by atoms with Gasteiger partial charge in [-0.15, -0.1) is 0 Å². The predicted octanol–water partition coefficient (Wildman–Crippen LogP) is 1.78. The first-order chi connectivity index (χ1) is 7.63. The zero-order chi connectivity index (χ0) is 12.4. The van der Waals surface area contributed by atoms with Crippen LogP contribution in [0.1, 0.15) is 20.3 Å². The fraction of sp³-hybridized carbons (Fsp3) is 0.700. The molecule has 1 unspecified atom stereocenters. The fourth-order valence-corrected chi connectivity index (χ4v) is 1.13. The van der Waals surface area contributed by atoms with Crippen LogP contribution in [0.5, 0.6) is 0 Å². The van der Waals surface area contributed by atoms with Crippen molar-refractivity contribution in [2.45, 2.75) is 26.3 Å². The zero-order valence-corrected chi connectivity index (χ0v) is 9.77. The number of carbonyl (C=O) groups is 1. The molecule has 6 nitrogen and oxygen atoms in total. The van der Waals surface area contributed by atoms with E-state index >= 15 is 0 Å². The summed E-state index contributed by atoms with van der Waals surface area (Å²) in [6.07, 6.45) is 0.674. The predicted molar refractivity (Wildman–Crippen MR) is 61.9 cm³/mol. The third kappa shape index (κ3) is 6.06. The standard InChI is InChI=1S/C10H18N4O2/c1-4-16-10(15)9(8(2)3)12-6-5-7-13-14-11/h9,12H,2,4-7H2,1,3H3. The molecule has 0 spiro atoms. The first kappa shape index (κ1) is 14.5. The summed E-state index contributed by atoms with van der Waals surface area (Å²) in [5.41, 5.74) is 8.78. The van der Waals surface area contributed by atoms with Crippen LogP contribution in [0.4, 0.5) is 0 Å². The molecule has 0 aliphatic heterocycles. The molecule has 0 saturated carbocycles. The van der Waals surface area contributed by atoms with Crippen LogP contribution in [0.2, 0.25) is 0 Å². The molecule has 16 heavy (non-hydrogen) atoms. The van der Waals surface area contributed by atoms with E-state index in [2.05, 4.69) is 21.9 Å². The molecule has 0 aliphatic rings. The van der Waals surface area contributed by atoms with Gasteiger partial charge in [-0.25, -0.2) is 4.79 Å². The fourth-order valence-electron chi connectivity index (χ4n) is 1.13. The van der Waals surface area contributed by atoms with Crippen molar-refractivity contribution in [3.05, 3.63) is 22.6 Å². The van der Waals surface area contributed by atoms with Gasteiger partial charge in [-0.2, -0.15) is 0 Å². The summed E-state index contributed by atoms with van der Waals surface area (Å²) in [4.78, 5) is 14.1. The summed E-state index contributed by atoms with van der Waals surface area (Å²) < 4.78 is 4.90. The van der Waals surface area contributed by atoms with Crippen LogP contribution in [0, 0.1) is 0 Å². The van der Waals surface area contributed by atoms with E-state index < -0.39 is 6.04 Å². The van der Waals surface area contributed by atoms with E-state index in [1.807, 2.05) is 0 Å². The Morgan fingerprint density at radius 3 is 2.88 bits per heavy atom. The molecule has 0 fully saturated rings. The number of esters is 1. The molecule has 0 aliphatic carbocycles. The van der Waals surface area contributed by atoms with Gasteiger partial charge < -0.3 is 10.1 Å². The maximum absolute atomic E-state index is 11.5. The zero-order valence-electron chi connectivity index (χ0n) is 9.77. The lowest BCUT2D eigenvalue weighted by molar-refractivity contribution is -0.144. The Morgan fingerprint density at radius 1 is 1.69 bits per heavy atom. The van der Waals surface area contributed by atoms with Crippen LogP contribution in [-0.2, 0) is 9.53 Å². The monoisotopic (exact) mass is 226 g/mol. The summed E-state index contributed by atoms with van der Waals surface area (Å²) >= 11 is 0. The number of nitrogens with one attached hydrogen (secondary N) is 1. The van der Waals surface area contributed by atoms with Crippen molar-refractivity contribution >= 4 is 5.97 Å². The van der Waals surface area contributed by atoms with Crippen LogP contribution in [0.15, 0.2) is 17.3 Å². The van der Waals surface area contributed by atoms with Crippen molar-refractivity contribution in [2.24, 2.45) is 5.11 Å². The van der Waals surface area contributed by atoms with E-state index in [4.69, 9.17) is 10.3 Å². The van der Waals surface area contributed by atoms with Gasteiger partial charge in [0.2, 0.25) is 0 Å². The van der Waals surface area contributed by atoms with E-state index in [1.165, 1.54) is 0 Å². The van der Waals surface area contributed by atoms with Crippen LogP contribution >= 0.6 is 0 Å². The average Bonchev–Trinajstić information content (AvgIpc) is 2.23. The average molecular weight is 226 g/mol. The van der Waals surface area contributed by atoms with Gasteiger partial charge in [0.25, 0.3) is 0 Å². The van der Waals surface area contributed by atoms with Crippen molar-refractivity contribution in [1.29, 1.82) is 0 Å². The molecule has 90 valence electrons. The quantitative estimate of drug-likeness (QED) is 0.171. The van der Waals surface area contributed by atoms with Gasteiger partial charge in [-0.05, 0) is 32.3 Å². The maximum atomic E-state index is 11.5. The molecular weight excluding hydrogens is 208 g/mol. The van der Waals surface area contributed by atoms with Crippen LogP contribution in [0.3, 0.4) is 0 Å². The molecule has 0 bridgehead atoms. The number of azide groups is 1. The van der Waals surface area contributed by atoms with Crippen LogP contribution < -0.4 is 5.32 Å². The minimum atomic E-state index is -0.481. The third-order valence-corrected chi connectivity index (χ3v) is 1.86. The second-order valence-electron chi connectivity index (χ2n) is 3.29.